The number of methoxy groups -OCH3 is 1. The van der Waals surface area contributed by atoms with Crippen LogP contribution >= 0.6 is 0 Å². The van der Waals surface area contributed by atoms with Crippen LogP contribution in [-0.4, -0.2) is 12.9 Å². The topological polar surface area (TPSA) is 38.3 Å². The van der Waals surface area contributed by atoms with Gasteiger partial charge in [-0.3, -0.25) is 4.79 Å². The van der Waals surface area contributed by atoms with Crippen molar-refractivity contribution >= 4 is 11.5 Å². The predicted octanol–water partition coefficient (Wildman–Crippen LogP) is 3.38. The molecule has 1 aromatic rings. The number of rotatable bonds is 3. The van der Waals surface area contributed by atoms with Gasteiger partial charge in [0.15, 0.2) is 5.78 Å². The second-order valence-corrected chi connectivity index (χ2v) is 4.70. The normalized spacial score (nSPS) is 22.0. The maximum atomic E-state index is 11.9. The van der Waals surface area contributed by atoms with E-state index in [2.05, 4.69) is 5.32 Å². The van der Waals surface area contributed by atoms with Crippen LogP contribution in [0.25, 0.3) is 0 Å². The number of ether oxygens (including phenoxy) is 1. The van der Waals surface area contributed by atoms with Crippen LogP contribution in [0.2, 0.25) is 0 Å². The van der Waals surface area contributed by atoms with Crippen molar-refractivity contribution in [1.82, 2.24) is 0 Å². The van der Waals surface area contributed by atoms with E-state index in [-0.39, 0.29) is 11.7 Å². The van der Waals surface area contributed by atoms with Crippen LogP contribution in [0, 0.1) is 5.92 Å². The first-order chi connectivity index (χ1) is 8.70. The number of hydrogen-bond acceptors (Lipinski definition) is 3. The molecule has 0 aliphatic heterocycles. The third-order valence-electron chi connectivity index (χ3n) is 3.33. The van der Waals surface area contributed by atoms with Crippen LogP contribution in [0.5, 0.6) is 5.75 Å². The number of hydrogen-bond donors (Lipinski definition) is 1. The fourth-order valence-electron chi connectivity index (χ4n) is 2.20. The van der Waals surface area contributed by atoms with Gasteiger partial charge in [0.2, 0.25) is 0 Å². The SMILES string of the molecule is COc1cccc(N/C=C2\CCC[C@H](C)C2=O)c1. The van der Waals surface area contributed by atoms with E-state index >= 15 is 0 Å². The highest BCUT2D eigenvalue weighted by molar-refractivity contribution is 5.97. The zero-order valence-electron chi connectivity index (χ0n) is 10.9. The summed E-state index contributed by atoms with van der Waals surface area (Å²) >= 11 is 0. The smallest absolute Gasteiger partial charge is 0.163 e. The number of allylic oxidation sites excluding steroid dienone is 1. The molecule has 0 amide bonds. The van der Waals surface area contributed by atoms with Crippen LogP contribution in [-0.2, 0) is 4.79 Å². The Balaban J connectivity index is 2.07. The van der Waals surface area contributed by atoms with Crippen LogP contribution < -0.4 is 10.1 Å². The van der Waals surface area contributed by atoms with Crippen molar-refractivity contribution in [3.63, 3.8) is 0 Å². The Morgan fingerprint density at radius 2 is 2.28 bits per heavy atom. The Hall–Kier alpha value is -1.77. The minimum Gasteiger partial charge on any atom is -0.497 e. The van der Waals surface area contributed by atoms with E-state index in [1.807, 2.05) is 37.4 Å². The van der Waals surface area contributed by atoms with Crippen LogP contribution in [0.1, 0.15) is 26.2 Å². The number of carbonyl (C=O) groups excluding carboxylic acids is 1. The predicted molar refractivity (Wildman–Crippen MR) is 72.7 cm³/mol. The summed E-state index contributed by atoms with van der Waals surface area (Å²) in [5, 5.41) is 3.18. The summed E-state index contributed by atoms with van der Waals surface area (Å²) in [5.41, 5.74) is 1.84. The van der Waals surface area contributed by atoms with Crippen LogP contribution in [0.15, 0.2) is 36.0 Å². The average molecular weight is 245 g/mol. The van der Waals surface area contributed by atoms with Gasteiger partial charge in [0.1, 0.15) is 5.75 Å². The summed E-state index contributed by atoms with van der Waals surface area (Å²) < 4.78 is 5.16. The molecule has 2 rings (SSSR count). The molecule has 0 saturated heterocycles. The lowest BCUT2D eigenvalue weighted by molar-refractivity contribution is -0.119. The molecule has 1 aliphatic rings. The molecule has 0 heterocycles. The Morgan fingerprint density at radius 3 is 3.06 bits per heavy atom. The number of anilines is 1. The molecule has 18 heavy (non-hydrogen) atoms. The first kappa shape index (κ1) is 12.7. The van der Waals surface area contributed by atoms with Crippen molar-refractivity contribution in [3.8, 4) is 5.75 Å². The van der Waals surface area contributed by atoms with E-state index in [0.29, 0.717) is 0 Å². The van der Waals surface area contributed by atoms with Gasteiger partial charge in [-0.05, 0) is 31.4 Å². The summed E-state index contributed by atoms with van der Waals surface area (Å²) in [6.07, 6.45) is 4.82. The zero-order valence-corrected chi connectivity index (χ0v) is 10.9. The van der Waals surface area contributed by atoms with Crippen LogP contribution in [0.3, 0.4) is 0 Å². The number of carbonyl (C=O) groups is 1. The van der Waals surface area contributed by atoms with Gasteiger partial charge in [0.05, 0.1) is 7.11 Å². The molecule has 1 saturated carbocycles. The summed E-state index contributed by atoms with van der Waals surface area (Å²) in [4.78, 5) is 11.9. The lowest BCUT2D eigenvalue weighted by Crippen LogP contribution is -2.19. The van der Waals surface area contributed by atoms with Gasteiger partial charge in [-0.15, -0.1) is 0 Å². The molecule has 1 fully saturated rings. The third kappa shape index (κ3) is 2.92. The van der Waals surface area contributed by atoms with Gasteiger partial charge in [0.25, 0.3) is 0 Å². The quantitative estimate of drug-likeness (QED) is 0.830. The van der Waals surface area contributed by atoms with Crippen molar-refractivity contribution < 1.29 is 9.53 Å². The van der Waals surface area contributed by atoms with Gasteiger partial charge in [-0.25, -0.2) is 0 Å². The molecule has 3 heteroatoms. The lowest BCUT2D eigenvalue weighted by Gasteiger charge is -2.19. The summed E-state index contributed by atoms with van der Waals surface area (Å²) in [5.74, 6) is 1.25. The molecule has 0 radical (unpaired) electrons. The van der Waals surface area contributed by atoms with Crippen molar-refractivity contribution in [2.75, 3.05) is 12.4 Å². The molecule has 1 atom stereocenters. The van der Waals surface area contributed by atoms with Gasteiger partial charge in [-0.1, -0.05) is 13.0 Å². The van der Waals surface area contributed by atoms with E-state index < -0.39 is 0 Å². The van der Waals surface area contributed by atoms with E-state index in [0.717, 1.165) is 36.3 Å². The fourth-order valence-corrected chi connectivity index (χ4v) is 2.20. The first-order valence-electron chi connectivity index (χ1n) is 6.34. The highest BCUT2D eigenvalue weighted by atomic mass is 16.5. The molecule has 1 aliphatic carbocycles. The van der Waals surface area contributed by atoms with E-state index in [9.17, 15) is 4.79 Å². The highest BCUT2D eigenvalue weighted by Crippen LogP contribution is 2.25. The Morgan fingerprint density at radius 1 is 1.44 bits per heavy atom. The maximum absolute atomic E-state index is 11.9. The van der Waals surface area contributed by atoms with Crippen molar-refractivity contribution in [2.24, 2.45) is 5.92 Å². The van der Waals surface area contributed by atoms with Gasteiger partial charge in [0, 0.05) is 29.4 Å². The second kappa shape index (κ2) is 5.71. The number of Topliss-reactive ketones (excluding diaryl/α,β-unsaturated/α-hetero) is 1. The number of ketones is 1. The molecule has 1 aromatic carbocycles. The molecule has 0 aromatic heterocycles. The second-order valence-electron chi connectivity index (χ2n) is 4.70. The average Bonchev–Trinajstić information content (AvgIpc) is 2.41. The first-order valence-corrected chi connectivity index (χ1v) is 6.34. The Bertz CT molecular complexity index is 465. The fraction of sp³-hybridized carbons (Fsp3) is 0.400. The number of benzene rings is 1. The lowest BCUT2D eigenvalue weighted by atomic mass is 9.86. The monoisotopic (exact) mass is 245 g/mol. The van der Waals surface area contributed by atoms with Gasteiger partial charge in [-0.2, -0.15) is 0 Å². The molecular weight excluding hydrogens is 226 g/mol. The van der Waals surface area contributed by atoms with Gasteiger partial charge >= 0.3 is 0 Å². The molecule has 96 valence electrons. The standard InChI is InChI=1S/C15H19NO2/c1-11-5-3-6-12(15(11)17)10-16-13-7-4-8-14(9-13)18-2/h4,7-11,16H,3,5-6H2,1-2H3/b12-10+/t11-/m0/s1. The van der Waals surface area contributed by atoms with Crippen molar-refractivity contribution in [1.29, 1.82) is 0 Å². The third-order valence-corrected chi connectivity index (χ3v) is 3.33. The maximum Gasteiger partial charge on any atom is 0.163 e. The summed E-state index contributed by atoms with van der Waals surface area (Å²) in [6, 6.07) is 7.68. The van der Waals surface area contributed by atoms with E-state index in [1.54, 1.807) is 7.11 Å². The number of nitrogens with one attached hydrogen (secondary N) is 1. The van der Waals surface area contributed by atoms with E-state index in [4.69, 9.17) is 4.74 Å². The zero-order chi connectivity index (χ0) is 13.0. The Labute approximate surface area is 108 Å². The molecule has 0 bridgehead atoms. The molecule has 0 spiro atoms. The Kier molecular flexibility index (Phi) is 4.03. The summed E-state index contributed by atoms with van der Waals surface area (Å²) in [7, 11) is 1.64. The molecule has 0 unspecified atom stereocenters. The molecular formula is C15H19NO2. The molecule has 1 N–H and O–H groups in total. The summed E-state index contributed by atoms with van der Waals surface area (Å²) in [6.45, 7) is 2.00. The minimum absolute atomic E-state index is 0.164. The largest absolute Gasteiger partial charge is 0.497 e. The van der Waals surface area contributed by atoms with Gasteiger partial charge < -0.3 is 10.1 Å². The highest BCUT2D eigenvalue weighted by Gasteiger charge is 2.22. The van der Waals surface area contributed by atoms with Crippen LogP contribution in [0.4, 0.5) is 5.69 Å². The van der Waals surface area contributed by atoms with Crippen molar-refractivity contribution in [3.05, 3.63) is 36.0 Å². The minimum atomic E-state index is 0.164. The van der Waals surface area contributed by atoms with Crippen molar-refractivity contribution in [2.45, 2.75) is 26.2 Å². The van der Waals surface area contributed by atoms with E-state index in [1.165, 1.54) is 0 Å². The molecule has 3 nitrogen and oxygen atoms in total.